The van der Waals surface area contributed by atoms with Crippen LogP contribution >= 0.6 is 12.4 Å². The molecule has 0 radical (unpaired) electrons. The lowest BCUT2D eigenvalue weighted by molar-refractivity contribution is -0.138. The summed E-state index contributed by atoms with van der Waals surface area (Å²) >= 11 is 0. The van der Waals surface area contributed by atoms with E-state index in [1.165, 1.54) is 0 Å². The first kappa shape index (κ1) is 18.7. The second-order valence-electron chi connectivity index (χ2n) is 4.15. The van der Waals surface area contributed by atoms with Crippen molar-refractivity contribution in [3.8, 4) is 0 Å². The predicted octanol–water partition coefficient (Wildman–Crippen LogP) is 2.48. The SMILES string of the molecule is CC(CN)C(=O)NCc1ccc(F)cc1C(F)(F)F.Cl. The quantitative estimate of drug-likeness (QED) is 0.839. The third-order valence-electron chi connectivity index (χ3n) is 2.63. The molecule has 1 rings (SSSR count). The molecule has 8 heteroatoms. The van der Waals surface area contributed by atoms with Gasteiger partial charge in [0.1, 0.15) is 5.82 Å². The highest BCUT2D eigenvalue weighted by atomic mass is 35.5. The summed E-state index contributed by atoms with van der Waals surface area (Å²) in [5.41, 5.74) is 3.99. The van der Waals surface area contributed by atoms with Crippen molar-refractivity contribution in [3.63, 3.8) is 0 Å². The molecule has 0 spiro atoms. The molecule has 0 aliphatic rings. The monoisotopic (exact) mass is 314 g/mol. The van der Waals surface area contributed by atoms with Crippen LogP contribution in [-0.4, -0.2) is 12.5 Å². The van der Waals surface area contributed by atoms with Crippen molar-refractivity contribution in [3.05, 3.63) is 35.1 Å². The van der Waals surface area contributed by atoms with Gasteiger partial charge in [-0.05, 0) is 17.7 Å². The zero-order chi connectivity index (χ0) is 14.6. The molecule has 0 fully saturated rings. The molecule has 0 aliphatic heterocycles. The maximum Gasteiger partial charge on any atom is 0.416 e. The van der Waals surface area contributed by atoms with Crippen LogP contribution in [-0.2, 0) is 17.5 Å². The van der Waals surface area contributed by atoms with E-state index in [0.717, 1.165) is 12.1 Å². The average molecular weight is 315 g/mol. The van der Waals surface area contributed by atoms with Crippen LogP contribution < -0.4 is 11.1 Å². The number of hydrogen-bond acceptors (Lipinski definition) is 2. The molecule has 1 amide bonds. The van der Waals surface area contributed by atoms with Gasteiger partial charge in [-0.25, -0.2) is 4.39 Å². The Bertz CT molecular complexity index is 465. The molecular formula is C12H15ClF4N2O. The van der Waals surface area contributed by atoms with Gasteiger partial charge < -0.3 is 11.1 Å². The Morgan fingerprint density at radius 2 is 2.00 bits per heavy atom. The number of hydrogen-bond donors (Lipinski definition) is 2. The molecule has 3 N–H and O–H groups in total. The fourth-order valence-electron chi connectivity index (χ4n) is 1.43. The minimum atomic E-state index is -4.67. The minimum absolute atomic E-state index is 0. The summed E-state index contributed by atoms with van der Waals surface area (Å²) in [5, 5.41) is 2.34. The van der Waals surface area contributed by atoms with Crippen LogP contribution in [0, 0.1) is 11.7 Å². The lowest BCUT2D eigenvalue weighted by atomic mass is 10.1. The second-order valence-corrected chi connectivity index (χ2v) is 4.15. The van der Waals surface area contributed by atoms with Crippen molar-refractivity contribution in [2.75, 3.05) is 6.54 Å². The standard InChI is InChI=1S/C12H14F4N2O.ClH/c1-7(5-17)11(19)18-6-8-2-3-9(13)4-10(8)12(14,15)16;/h2-4,7H,5-6,17H2,1H3,(H,18,19);1H. The van der Waals surface area contributed by atoms with Crippen molar-refractivity contribution in [1.82, 2.24) is 5.32 Å². The van der Waals surface area contributed by atoms with Gasteiger partial charge in [-0.2, -0.15) is 13.2 Å². The fraction of sp³-hybridized carbons (Fsp3) is 0.417. The molecule has 0 aliphatic carbocycles. The van der Waals surface area contributed by atoms with Crippen molar-refractivity contribution in [2.24, 2.45) is 11.7 Å². The third-order valence-corrected chi connectivity index (χ3v) is 2.63. The van der Waals surface area contributed by atoms with Crippen molar-refractivity contribution in [2.45, 2.75) is 19.6 Å². The minimum Gasteiger partial charge on any atom is -0.352 e. The van der Waals surface area contributed by atoms with Crippen LogP contribution in [0.1, 0.15) is 18.1 Å². The van der Waals surface area contributed by atoms with Crippen LogP contribution in [0.25, 0.3) is 0 Å². The average Bonchev–Trinajstić information content (AvgIpc) is 2.34. The summed E-state index contributed by atoms with van der Waals surface area (Å²) in [5.74, 6) is -1.91. The zero-order valence-corrected chi connectivity index (χ0v) is 11.4. The van der Waals surface area contributed by atoms with Gasteiger partial charge >= 0.3 is 6.18 Å². The first-order valence-electron chi connectivity index (χ1n) is 5.59. The van der Waals surface area contributed by atoms with E-state index in [1.807, 2.05) is 0 Å². The molecular weight excluding hydrogens is 300 g/mol. The van der Waals surface area contributed by atoms with Crippen LogP contribution in [0.15, 0.2) is 18.2 Å². The van der Waals surface area contributed by atoms with E-state index >= 15 is 0 Å². The highest BCUT2D eigenvalue weighted by Gasteiger charge is 2.33. The van der Waals surface area contributed by atoms with Crippen LogP contribution in [0.5, 0.6) is 0 Å². The van der Waals surface area contributed by atoms with E-state index in [0.29, 0.717) is 6.07 Å². The number of nitrogens with one attached hydrogen (secondary N) is 1. The highest BCUT2D eigenvalue weighted by molar-refractivity contribution is 5.85. The Kier molecular flexibility index (Phi) is 6.95. The topological polar surface area (TPSA) is 55.1 Å². The van der Waals surface area contributed by atoms with Crippen LogP contribution in [0.3, 0.4) is 0 Å². The van der Waals surface area contributed by atoms with Gasteiger partial charge in [0, 0.05) is 19.0 Å². The number of rotatable bonds is 4. The summed E-state index contributed by atoms with van der Waals surface area (Å²) in [4.78, 5) is 11.4. The van der Waals surface area contributed by atoms with Gasteiger partial charge in [0.2, 0.25) is 5.91 Å². The molecule has 0 bridgehead atoms. The second kappa shape index (κ2) is 7.44. The number of benzene rings is 1. The number of alkyl halides is 3. The molecule has 0 saturated carbocycles. The maximum atomic E-state index is 12.9. The Balaban J connectivity index is 0.00000361. The molecule has 1 atom stereocenters. The van der Waals surface area contributed by atoms with E-state index in [9.17, 15) is 22.4 Å². The van der Waals surface area contributed by atoms with Gasteiger partial charge in [-0.15, -0.1) is 12.4 Å². The Morgan fingerprint density at radius 3 is 2.50 bits per heavy atom. The number of carbonyl (C=O) groups excluding carboxylic acids is 1. The fourth-order valence-corrected chi connectivity index (χ4v) is 1.43. The molecule has 1 aromatic carbocycles. The molecule has 0 heterocycles. The molecule has 114 valence electrons. The Hall–Kier alpha value is -1.34. The summed E-state index contributed by atoms with van der Waals surface area (Å²) in [6.45, 7) is 1.34. The molecule has 0 saturated heterocycles. The van der Waals surface area contributed by atoms with E-state index in [4.69, 9.17) is 5.73 Å². The normalized spacial score (nSPS) is 12.5. The first-order valence-corrected chi connectivity index (χ1v) is 5.59. The summed E-state index contributed by atoms with van der Waals surface area (Å²) in [7, 11) is 0. The molecule has 20 heavy (non-hydrogen) atoms. The van der Waals surface area contributed by atoms with E-state index in [1.54, 1.807) is 6.92 Å². The van der Waals surface area contributed by atoms with E-state index < -0.39 is 29.4 Å². The van der Waals surface area contributed by atoms with Crippen molar-refractivity contribution < 1.29 is 22.4 Å². The predicted molar refractivity (Wildman–Crippen MR) is 68.7 cm³/mol. The summed E-state index contributed by atoms with van der Waals surface area (Å²) in [6, 6.07) is 2.34. The molecule has 1 unspecified atom stereocenters. The highest BCUT2D eigenvalue weighted by Crippen LogP contribution is 2.32. The van der Waals surface area contributed by atoms with Gasteiger partial charge in [0.05, 0.1) is 5.56 Å². The number of nitrogens with two attached hydrogens (primary N) is 1. The van der Waals surface area contributed by atoms with E-state index in [-0.39, 0.29) is 31.1 Å². The van der Waals surface area contributed by atoms with Crippen molar-refractivity contribution >= 4 is 18.3 Å². The number of amides is 1. The third kappa shape index (κ3) is 4.97. The largest absolute Gasteiger partial charge is 0.416 e. The van der Waals surface area contributed by atoms with Gasteiger partial charge in [0.15, 0.2) is 0 Å². The van der Waals surface area contributed by atoms with Crippen molar-refractivity contribution in [1.29, 1.82) is 0 Å². The van der Waals surface area contributed by atoms with Crippen LogP contribution in [0.2, 0.25) is 0 Å². The van der Waals surface area contributed by atoms with Gasteiger partial charge in [-0.3, -0.25) is 4.79 Å². The Labute approximate surface area is 119 Å². The zero-order valence-electron chi connectivity index (χ0n) is 10.6. The molecule has 1 aromatic rings. The molecule has 0 aromatic heterocycles. The number of carbonyl (C=O) groups is 1. The van der Waals surface area contributed by atoms with E-state index in [2.05, 4.69) is 5.32 Å². The number of halogens is 5. The van der Waals surface area contributed by atoms with Gasteiger partial charge in [-0.1, -0.05) is 13.0 Å². The Morgan fingerprint density at radius 1 is 1.40 bits per heavy atom. The lowest BCUT2D eigenvalue weighted by Crippen LogP contribution is -2.33. The summed E-state index contributed by atoms with van der Waals surface area (Å²) < 4.78 is 50.9. The smallest absolute Gasteiger partial charge is 0.352 e. The molecule has 3 nitrogen and oxygen atoms in total. The summed E-state index contributed by atoms with van der Waals surface area (Å²) in [6.07, 6.45) is -4.67. The van der Waals surface area contributed by atoms with Crippen LogP contribution in [0.4, 0.5) is 17.6 Å². The van der Waals surface area contributed by atoms with Gasteiger partial charge in [0.25, 0.3) is 0 Å². The first-order chi connectivity index (χ1) is 8.75. The lowest BCUT2D eigenvalue weighted by Gasteiger charge is -2.15. The maximum absolute atomic E-state index is 12.9.